The number of nitrogens with two attached hydrogens (primary N) is 1. The minimum absolute atomic E-state index is 0.364. The summed E-state index contributed by atoms with van der Waals surface area (Å²) in [6, 6.07) is 0. The molecule has 0 spiro atoms. The molecule has 3 aliphatic rings. The monoisotopic (exact) mass is 279 g/mol. The Labute approximate surface area is 122 Å². The van der Waals surface area contributed by atoms with Gasteiger partial charge >= 0.3 is 0 Å². The molecule has 2 aliphatic carbocycles. The van der Waals surface area contributed by atoms with E-state index in [4.69, 9.17) is 5.73 Å². The molecule has 1 amide bonds. The summed E-state index contributed by atoms with van der Waals surface area (Å²) in [4.78, 5) is 17.3. The number of piperazine rings is 1. The fourth-order valence-electron chi connectivity index (χ4n) is 4.45. The van der Waals surface area contributed by atoms with Crippen molar-refractivity contribution in [3.05, 3.63) is 0 Å². The van der Waals surface area contributed by atoms with E-state index >= 15 is 0 Å². The first-order valence-electron chi connectivity index (χ1n) is 8.38. The lowest BCUT2D eigenvalue weighted by Crippen LogP contribution is -2.51. The molecule has 4 unspecified atom stereocenters. The van der Waals surface area contributed by atoms with Gasteiger partial charge in [-0.1, -0.05) is 13.3 Å². The zero-order chi connectivity index (χ0) is 14.1. The number of amides is 1. The highest BCUT2D eigenvalue weighted by Gasteiger charge is 2.44. The molecule has 2 saturated carbocycles. The van der Waals surface area contributed by atoms with Crippen molar-refractivity contribution in [3.63, 3.8) is 0 Å². The van der Waals surface area contributed by atoms with Crippen molar-refractivity contribution in [2.24, 2.45) is 29.4 Å². The van der Waals surface area contributed by atoms with Gasteiger partial charge in [0.1, 0.15) is 0 Å². The van der Waals surface area contributed by atoms with E-state index in [1.807, 2.05) is 0 Å². The molecule has 1 aliphatic heterocycles. The van der Waals surface area contributed by atoms with Gasteiger partial charge in [0.15, 0.2) is 0 Å². The van der Waals surface area contributed by atoms with Crippen LogP contribution in [0.3, 0.4) is 0 Å². The normalized spacial score (nSPS) is 35.5. The van der Waals surface area contributed by atoms with E-state index in [9.17, 15) is 4.79 Å². The molecule has 3 rings (SSSR count). The van der Waals surface area contributed by atoms with E-state index < -0.39 is 0 Å². The maximum atomic E-state index is 12.7. The van der Waals surface area contributed by atoms with Gasteiger partial charge in [-0.3, -0.25) is 9.69 Å². The van der Waals surface area contributed by atoms with Crippen molar-refractivity contribution < 1.29 is 4.79 Å². The van der Waals surface area contributed by atoms with Gasteiger partial charge in [0, 0.05) is 38.6 Å². The predicted molar refractivity (Wildman–Crippen MR) is 80.2 cm³/mol. The number of fused-ring (bicyclic) bond motifs is 2. The topological polar surface area (TPSA) is 49.6 Å². The lowest BCUT2D eigenvalue weighted by molar-refractivity contribution is -0.139. The first-order valence-corrected chi connectivity index (χ1v) is 8.38. The summed E-state index contributed by atoms with van der Waals surface area (Å²) in [5.74, 6) is 2.96. The van der Waals surface area contributed by atoms with E-state index in [-0.39, 0.29) is 0 Å². The lowest BCUT2D eigenvalue weighted by Gasteiger charge is -2.38. The summed E-state index contributed by atoms with van der Waals surface area (Å²) >= 11 is 0. The van der Waals surface area contributed by atoms with Gasteiger partial charge < -0.3 is 10.6 Å². The highest BCUT2D eigenvalue weighted by Crippen LogP contribution is 2.48. The lowest BCUT2D eigenvalue weighted by atomic mass is 9.87. The molecule has 4 atom stereocenters. The Hall–Kier alpha value is -0.610. The molecule has 0 aromatic carbocycles. The second kappa shape index (κ2) is 6.02. The predicted octanol–water partition coefficient (Wildman–Crippen LogP) is 1.16. The smallest absolute Gasteiger partial charge is 0.226 e. The highest BCUT2D eigenvalue weighted by atomic mass is 16.2. The van der Waals surface area contributed by atoms with Crippen LogP contribution in [0.2, 0.25) is 0 Å². The van der Waals surface area contributed by atoms with Crippen molar-refractivity contribution in [1.29, 1.82) is 0 Å². The van der Waals surface area contributed by atoms with Crippen LogP contribution in [0.1, 0.15) is 32.6 Å². The van der Waals surface area contributed by atoms with Crippen LogP contribution in [0, 0.1) is 23.7 Å². The standard InChI is InChI=1S/C16H29N3O/c1-12(10-17)11-18-4-6-19(7-5-18)16(20)15-9-13-2-3-14(15)8-13/h12-15H,2-11,17H2,1H3. The van der Waals surface area contributed by atoms with E-state index in [1.165, 1.54) is 25.7 Å². The minimum Gasteiger partial charge on any atom is -0.340 e. The third kappa shape index (κ3) is 2.86. The highest BCUT2D eigenvalue weighted by molar-refractivity contribution is 5.79. The minimum atomic E-state index is 0.364. The molecule has 0 radical (unpaired) electrons. The summed E-state index contributed by atoms with van der Waals surface area (Å²) in [7, 11) is 0. The molecular weight excluding hydrogens is 250 g/mol. The summed E-state index contributed by atoms with van der Waals surface area (Å²) in [6.45, 7) is 7.92. The summed E-state index contributed by atoms with van der Waals surface area (Å²) in [5.41, 5.74) is 5.69. The second-order valence-corrected chi connectivity index (χ2v) is 7.25. The number of hydrogen-bond acceptors (Lipinski definition) is 3. The summed E-state index contributed by atoms with van der Waals surface area (Å²) in [5, 5.41) is 0. The molecule has 20 heavy (non-hydrogen) atoms. The molecule has 114 valence electrons. The quantitative estimate of drug-likeness (QED) is 0.840. The van der Waals surface area contributed by atoms with E-state index in [2.05, 4.69) is 16.7 Å². The van der Waals surface area contributed by atoms with Crippen LogP contribution in [-0.2, 0) is 4.79 Å². The van der Waals surface area contributed by atoms with Gasteiger partial charge in [-0.25, -0.2) is 0 Å². The summed E-state index contributed by atoms with van der Waals surface area (Å²) < 4.78 is 0. The van der Waals surface area contributed by atoms with Crippen LogP contribution in [0.5, 0.6) is 0 Å². The molecule has 0 aromatic heterocycles. The van der Waals surface area contributed by atoms with Crippen LogP contribution in [0.25, 0.3) is 0 Å². The van der Waals surface area contributed by atoms with Crippen LogP contribution >= 0.6 is 0 Å². The second-order valence-electron chi connectivity index (χ2n) is 7.25. The number of carbonyl (C=O) groups is 1. The van der Waals surface area contributed by atoms with Crippen molar-refractivity contribution >= 4 is 5.91 Å². The SMILES string of the molecule is CC(CN)CN1CCN(C(=O)C2CC3CCC2C3)CC1. The first kappa shape index (κ1) is 14.3. The van der Waals surface area contributed by atoms with Gasteiger partial charge in [0.2, 0.25) is 5.91 Å². The molecule has 4 heteroatoms. The third-order valence-electron chi connectivity index (χ3n) is 5.71. The van der Waals surface area contributed by atoms with Crippen LogP contribution in [0.15, 0.2) is 0 Å². The number of hydrogen-bond donors (Lipinski definition) is 1. The van der Waals surface area contributed by atoms with Gasteiger partial charge in [0.25, 0.3) is 0 Å². The van der Waals surface area contributed by atoms with E-state index in [1.54, 1.807) is 0 Å². The molecular formula is C16H29N3O. The zero-order valence-corrected chi connectivity index (χ0v) is 12.8. The average Bonchev–Trinajstić information content (AvgIpc) is 3.10. The average molecular weight is 279 g/mol. The molecule has 4 nitrogen and oxygen atoms in total. The van der Waals surface area contributed by atoms with Gasteiger partial charge in [-0.15, -0.1) is 0 Å². The number of nitrogens with zero attached hydrogens (tertiary/aromatic N) is 2. The Balaban J connectivity index is 1.47. The number of carbonyl (C=O) groups excluding carboxylic acids is 1. The Kier molecular flexibility index (Phi) is 4.32. The van der Waals surface area contributed by atoms with Gasteiger partial charge in [0.05, 0.1) is 0 Å². The van der Waals surface area contributed by atoms with Crippen LogP contribution in [-0.4, -0.2) is 55.0 Å². The Morgan fingerprint density at radius 3 is 2.50 bits per heavy atom. The van der Waals surface area contributed by atoms with E-state index in [0.717, 1.165) is 45.2 Å². The van der Waals surface area contributed by atoms with Crippen molar-refractivity contribution in [2.45, 2.75) is 32.6 Å². The van der Waals surface area contributed by atoms with Crippen molar-refractivity contribution in [2.75, 3.05) is 39.3 Å². The van der Waals surface area contributed by atoms with Gasteiger partial charge in [-0.2, -0.15) is 0 Å². The number of rotatable bonds is 4. The van der Waals surface area contributed by atoms with Gasteiger partial charge in [-0.05, 0) is 43.6 Å². The molecule has 2 N–H and O–H groups in total. The summed E-state index contributed by atoms with van der Waals surface area (Å²) in [6.07, 6.45) is 5.17. The molecule has 3 fully saturated rings. The maximum absolute atomic E-state index is 12.7. The van der Waals surface area contributed by atoms with Crippen molar-refractivity contribution in [3.8, 4) is 0 Å². The zero-order valence-electron chi connectivity index (χ0n) is 12.8. The van der Waals surface area contributed by atoms with Crippen LogP contribution < -0.4 is 5.73 Å². The first-order chi connectivity index (χ1) is 9.67. The molecule has 1 heterocycles. The third-order valence-corrected chi connectivity index (χ3v) is 5.71. The largest absolute Gasteiger partial charge is 0.340 e. The fraction of sp³-hybridized carbons (Fsp3) is 0.938. The van der Waals surface area contributed by atoms with E-state index in [0.29, 0.717) is 23.7 Å². The Morgan fingerprint density at radius 2 is 1.95 bits per heavy atom. The van der Waals surface area contributed by atoms with Crippen LogP contribution in [0.4, 0.5) is 0 Å². The van der Waals surface area contributed by atoms with Crippen molar-refractivity contribution in [1.82, 2.24) is 9.80 Å². The Morgan fingerprint density at radius 1 is 1.20 bits per heavy atom. The fourth-order valence-corrected chi connectivity index (χ4v) is 4.45. The molecule has 0 aromatic rings. The molecule has 1 saturated heterocycles. The molecule has 2 bridgehead atoms. The Bertz CT molecular complexity index is 352. The maximum Gasteiger partial charge on any atom is 0.226 e.